The highest BCUT2D eigenvalue weighted by Crippen LogP contribution is 2.27. The average molecular weight is 350 g/mol. The Morgan fingerprint density at radius 1 is 1.14 bits per heavy atom. The maximum Gasteiger partial charge on any atom is 0.123 e. The highest BCUT2D eigenvalue weighted by Gasteiger charge is 2.15. The highest BCUT2D eigenvalue weighted by molar-refractivity contribution is 9.10. The van der Waals surface area contributed by atoms with Crippen LogP contribution in [0.1, 0.15) is 30.4 Å². The monoisotopic (exact) mass is 349 g/mol. The number of hydrogen-bond acceptors (Lipinski definition) is 1. The molecule has 2 rings (SSSR count). The number of rotatable bonds is 7. The maximum absolute atomic E-state index is 13.4. The second-order valence-corrected chi connectivity index (χ2v) is 6.11. The van der Waals surface area contributed by atoms with Crippen molar-refractivity contribution in [2.75, 3.05) is 13.1 Å². The summed E-state index contributed by atoms with van der Waals surface area (Å²) in [5, 5.41) is 3.48. The summed E-state index contributed by atoms with van der Waals surface area (Å²) in [4.78, 5) is 0. The molecule has 1 unspecified atom stereocenters. The number of hydrogen-bond donors (Lipinski definition) is 1. The van der Waals surface area contributed by atoms with Gasteiger partial charge in [-0.2, -0.15) is 0 Å². The van der Waals surface area contributed by atoms with Gasteiger partial charge in [-0.15, -0.1) is 0 Å². The molecule has 0 heterocycles. The van der Waals surface area contributed by atoms with Crippen molar-refractivity contribution in [2.45, 2.75) is 25.7 Å². The lowest BCUT2D eigenvalue weighted by molar-refractivity contribution is 0.571. The summed E-state index contributed by atoms with van der Waals surface area (Å²) in [6, 6.07) is 15.2. The van der Waals surface area contributed by atoms with Crippen molar-refractivity contribution in [3.63, 3.8) is 0 Å². The van der Waals surface area contributed by atoms with E-state index < -0.39 is 0 Å². The van der Waals surface area contributed by atoms with E-state index in [1.165, 1.54) is 11.6 Å². The molecule has 0 spiro atoms. The average Bonchev–Trinajstić information content (AvgIpc) is 2.47. The Bertz CT molecular complexity index is 571. The van der Waals surface area contributed by atoms with Gasteiger partial charge in [0.2, 0.25) is 0 Å². The lowest BCUT2D eigenvalue weighted by Crippen LogP contribution is -2.24. The molecule has 3 heteroatoms. The Labute approximate surface area is 134 Å². The Hall–Kier alpha value is -1.19. The largest absolute Gasteiger partial charge is 0.316 e. The van der Waals surface area contributed by atoms with Gasteiger partial charge in [-0.3, -0.25) is 0 Å². The minimum atomic E-state index is -0.167. The van der Waals surface area contributed by atoms with Crippen LogP contribution in [0.3, 0.4) is 0 Å². The van der Waals surface area contributed by atoms with Crippen molar-refractivity contribution in [3.05, 3.63) is 69.9 Å². The molecule has 112 valence electrons. The summed E-state index contributed by atoms with van der Waals surface area (Å²) in [5.74, 6) is 0.161. The zero-order chi connectivity index (χ0) is 15.1. The molecular weight excluding hydrogens is 329 g/mol. The van der Waals surface area contributed by atoms with Crippen molar-refractivity contribution in [1.29, 1.82) is 0 Å². The van der Waals surface area contributed by atoms with Crippen molar-refractivity contribution in [1.82, 2.24) is 5.32 Å². The second-order valence-electron chi connectivity index (χ2n) is 5.26. The standard InChI is InChI=1S/C18H21BrFN/c1-2-10-21-13-15(17-8-3-4-9-18(17)19)11-14-6-5-7-16(20)12-14/h3-9,12,15,21H,2,10-11,13H2,1H3. The van der Waals surface area contributed by atoms with Crippen LogP contribution in [0.15, 0.2) is 53.0 Å². The quantitative estimate of drug-likeness (QED) is 0.700. The van der Waals surface area contributed by atoms with E-state index in [2.05, 4.69) is 46.4 Å². The Morgan fingerprint density at radius 2 is 1.95 bits per heavy atom. The molecule has 0 saturated carbocycles. The second kappa shape index (κ2) is 8.30. The summed E-state index contributed by atoms with van der Waals surface area (Å²) in [7, 11) is 0. The molecule has 2 aromatic rings. The molecule has 1 nitrogen and oxygen atoms in total. The van der Waals surface area contributed by atoms with Gasteiger partial charge in [0.15, 0.2) is 0 Å². The molecule has 21 heavy (non-hydrogen) atoms. The molecule has 1 N–H and O–H groups in total. The smallest absolute Gasteiger partial charge is 0.123 e. The van der Waals surface area contributed by atoms with Crippen LogP contribution in [0.25, 0.3) is 0 Å². The Morgan fingerprint density at radius 3 is 2.67 bits per heavy atom. The van der Waals surface area contributed by atoms with E-state index in [-0.39, 0.29) is 5.82 Å². The first kappa shape index (κ1) is 16.2. The van der Waals surface area contributed by atoms with Crippen LogP contribution in [0.4, 0.5) is 4.39 Å². The topological polar surface area (TPSA) is 12.0 Å². The third kappa shape index (κ3) is 4.94. The lowest BCUT2D eigenvalue weighted by atomic mass is 9.92. The first-order chi connectivity index (χ1) is 10.2. The van der Waals surface area contributed by atoms with Crippen LogP contribution in [0.2, 0.25) is 0 Å². The SMILES string of the molecule is CCCNCC(Cc1cccc(F)c1)c1ccccc1Br. The van der Waals surface area contributed by atoms with E-state index in [4.69, 9.17) is 0 Å². The van der Waals surface area contributed by atoms with Gasteiger partial charge in [0.1, 0.15) is 5.82 Å². The van der Waals surface area contributed by atoms with Gasteiger partial charge in [-0.1, -0.05) is 53.2 Å². The summed E-state index contributed by atoms with van der Waals surface area (Å²) in [6.45, 7) is 4.06. The number of benzene rings is 2. The van der Waals surface area contributed by atoms with Gasteiger partial charge in [-0.25, -0.2) is 4.39 Å². The minimum absolute atomic E-state index is 0.167. The first-order valence-corrected chi connectivity index (χ1v) is 8.19. The number of nitrogens with one attached hydrogen (secondary N) is 1. The summed E-state index contributed by atoms with van der Waals surface area (Å²) >= 11 is 3.63. The molecule has 0 aliphatic carbocycles. The van der Waals surface area contributed by atoms with E-state index in [1.807, 2.05) is 12.1 Å². The molecule has 0 aliphatic heterocycles. The summed E-state index contributed by atoms with van der Waals surface area (Å²) in [6.07, 6.45) is 1.94. The van der Waals surface area contributed by atoms with Gasteiger partial charge in [0.25, 0.3) is 0 Å². The first-order valence-electron chi connectivity index (χ1n) is 7.40. The van der Waals surface area contributed by atoms with Crippen molar-refractivity contribution >= 4 is 15.9 Å². The van der Waals surface area contributed by atoms with Gasteiger partial charge in [0.05, 0.1) is 0 Å². The Balaban J connectivity index is 2.17. The zero-order valence-corrected chi connectivity index (χ0v) is 13.9. The third-order valence-corrected chi connectivity index (χ3v) is 4.26. The molecule has 0 fully saturated rings. The summed E-state index contributed by atoms with van der Waals surface area (Å²) < 4.78 is 14.5. The molecule has 0 aromatic heterocycles. The number of halogens is 2. The van der Waals surface area contributed by atoms with E-state index in [0.29, 0.717) is 5.92 Å². The normalized spacial score (nSPS) is 12.3. The molecule has 2 aromatic carbocycles. The van der Waals surface area contributed by atoms with E-state index in [0.717, 1.165) is 36.0 Å². The Kier molecular flexibility index (Phi) is 6.40. The predicted molar refractivity (Wildman–Crippen MR) is 90.1 cm³/mol. The van der Waals surface area contributed by atoms with E-state index in [9.17, 15) is 4.39 Å². The van der Waals surface area contributed by atoms with Gasteiger partial charge >= 0.3 is 0 Å². The molecule has 0 bridgehead atoms. The highest BCUT2D eigenvalue weighted by atomic mass is 79.9. The van der Waals surface area contributed by atoms with Crippen LogP contribution in [-0.4, -0.2) is 13.1 Å². The molecular formula is C18H21BrFN. The van der Waals surface area contributed by atoms with E-state index >= 15 is 0 Å². The molecule has 1 atom stereocenters. The summed E-state index contributed by atoms with van der Waals surface area (Å²) in [5.41, 5.74) is 2.31. The van der Waals surface area contributed by atoms with Crippen LogP contribution >= 0.6 is 15.9 Å². The minimum Gasteiger partial charge on any atom is -0.316 e. The molecule has 0 saturated heterocycles. The van der Waals surface area contributed by atoms with Crippen molar-refractivity contribution in [3.8, 4) is 0 Å². The lowest BCUT2D eigenvalue weighted by Gasteiger charge is -2.20. The molecule has 0 radical (unpaired) electrons. The van der Waals surface area contributed by atoms with Crippen LogP contribution < -0.4 is 5.32 Å². The maximum atomic E-state index is 13.4. The van der Waals surface area contributed by atoms with Crippen molar-refractivity contribution < 1.29 is 4.39 Å². The van der Waals surface area contributed by atoms with E-state index in [1.54, 1.807) is 12.1 Å². The zero-order valence-electron chi connectivity index (χ0n) is 12.3. The molecule has 0 amide bonds. The molecule has 0 aliphatic rings. The predicted octanol–water partition coefficient (Wildman–Crippen LogP) is 4.91. The van der Waals surface area contributed by atoms with Crippen LogP contribution in [0.5, 0.6) is 0 Å². The van der Waals surface area contributed by atoms with Gasteiger partial charge < -0.3 is 5.32 Å². The van der Waals surface area contributed by atoms with Gasteiger partial charge in [0, 0.05) is 16.9 Å². The van der Waals surface area contributed by atoms with Crippen LogP contribution in [-0.2, 0) is 6.42 Å². The van der Waals surface area contributed by atoms with Gasteiger partial charge in [-0.05, 0) is 48.7 Å². The third-order valence-electron chi connectivity index (χ3n) is 3.53. The fourth-order valence-electron chi connectivity index (χ4n) is 2.50. The fourth-order valence-corrected chi connectivity index (χ4v) is 3.11. The fraction of sp³-hybridized carbons (Fsp3) is 0.333. The van der Waals surface area contributed by atoms with Crippen molar-refractivity contribution in [2.24, 2.45) is 0 Å². The van der Waals surface area contributed by atoms with Crippen LogP contribution in [0, 0.1) is 5.82 Å².